The maximum Gasteiger partial charge on any atom is 0.317 e. The summed E-state index contributed by atoms with van der Waals surface area (Å²) < 4.78 is 1.87. The summed E-state index contributed by atoms with van der Waals surface area (Å²) in [6, 6.07) is 0.0375. The average molecular weight is 279 g/mol. The van der Waals surface area contributed by atoms with Gasteiger partial charge in [0.05, 0.1) is 6.20 Å². The van der Waals surface area contributed by atoms with E-state index in [0.717, 1.165) is 38.2 Å². The van der Waals surface area contributed by atoms with Crippen LogP contribution in [0, 0.1) is 5.92 Å². The van der Waals surface area contributed by atoms with Crippen LogP contribution in [0.25, 0.3) is 0 Å². The molecule has 1 fully saturated rings. The van der Waals surface area contributed by atoms with Crippen LogP contribution in [0.15, 0.2) is 12.4 Å². The first kappa shape index (κ1) is 14.8. The number of aromatic nitrogens is 2. The van der Waals surface area contributed by atoms with Crippen molar-refractivity contribution in [3.63, 3.8) is 0 Å². The molecule has 2 amide bonds. The standard InChI is InChI=1S/C14H25N5O/c1-4-19-11-13(8-16-19)7-15-14(20)18-6-5-12(10-18)9-17(2)3/h8,11-12H,4-7,9-10H2,1-3H3,(H,15,20)/t12-/m1/s1. The maximum atomic E-state index is 12.1. The van der Waals surface area contributed by atoms with Gasteiger partial charge in [-0.2, -0.15) is 5.10 Å². The molecule has 0 saturated carbocycles. The zero-order valence-corrected chi connectivity index (χ0v) is 12.7. The quantitative estimate of drug-likeness (QED) is 0.875. The summed E-state index contributed by atoms with van der Waals surface area (Å²) in [6.45, 7) is 6.22. The van der Waals surface area contributed by atoms with Gasteiger partial charge < -0.3 is 15.1 Å². The molecule has 1 atom stereocenters. The number of carbonyl (C=O) groups excluding carboxylic acids is 1. The molecule has 0 bridgehead atoms. The number of amides is 2. The number of nitrogens with one attached hydrogen (secondary N) is 1. The van der Waals surface area contributed by atoms with Crippen LogP contribution in [0.1, 0.15) is 18.9 Å². The zero-order chi connectivity index (χ0) is 14.5. The predicted molar refractivity (Wildman–Crippen MR) is 78.4 cm³/mol. The van der Waals surface area contributed by atoms with Gasteiger partial charge in [-0.25, -0.2) is 4.79 Å². The van der Waals surface area contributed by atoms with Gasteiger partial charge in [0.1, 0.15) is 0 Å². The molecule has 1 saturated heterocycles. The zero-order valence-electron chi connectivity index (χ0n) is 12.7. The average Bonchev–Trinajstić information content (AvgIpc) is 3.04. The molecule has 1 aromatic rings. The molecule has 0 aliphatic carbocycles. The molecule has 20 heavy (non-hydrogen) atoms. The minimum absolute atomic E-state index is 0.0375. The van der Waals surface area contributed by atoms with Crippen LogP contribution in [0.4, 0.5) is 4.79 Å². The Morgan fingerprint density at radius 2 is 2.35 bits per heavy atom. The number of hydrogen-bond acceptors (Lipinski definition) is 3. The van der Waals surface area contributed by atoms with Crippen molar-refractivity contribution >= 4 is 6.03 Å². The first-order valence-corrected chi connectivity index (χ1v) is 7.27. The smallest absolute Gasteiger partial charge is 0.317 e. The fourth-order valence-corrected chi connectivity index (χ4v) is 2.64. The largest absolute Gasteiger partial charge is 0.334 e. The molecule has 112 valence electrons. The number of rotatable bonds is 5. The van der Waals surface area contributed by atoms with Gasteiger partial charge in [-0.15, -0.1) is 0 Å². The van der Waals surface area contributed by atoms with Crippen molar-refractivity contribution in [2.24, 2.45) is 5.92 Å². The van der Waals surface area contributed by atoms with E-state index in [0.29, 0.717) is 12.5 Å². The van der Waals surface area contributed by atoms with E-state index >= 15 is 0 Å². The number of carbonyl (C=O) groups is 1. The van der Waals surface area contributed by atoms with Gasteiger partial charge in [-0.3, -0.25) is 4.68 Å². The summed E-state index contributed by atoms with van der Waals surface area (Å²) in [7, 11) is 4.15. The van der Waals surface area contributed by atoms with Crippen LogP contribution < -0.4 is 5.32 Å². The van der Waals surface area contributed by atoms with Crippen LogP contribution in [0.3, 0.4) is 0 Å². The number of aryl methyl sites for hydroxylation is 1. The van der Waals surface area contributed by atoms with Crippen LogP contribution in [-0.2, 0) is 13.1 Å². The lowest BCUT2D eigenvalue weighted by Gasteiger charge is -2.18. The van der Waals surface area contributed by atoms with E-state index in [-0.39, 0.29) is 6.03 Å². The van der Waals surface area contributed by atoms with Crippen molar-refractivity contribution in [1.29, 1.82) is 0 Å². The van der Waals surface area contributed by atoms with Crippen molar-refractivity contribution in [1.82, 2.24) is 24.9 Å². The number of nitrogens with zero attached hydrogens (tertiary/aromatic N) is 4. The molecule has 1 aliphatic heterocycles. The molecular weight excluding hydrogens is 254 g/mol. The normalized spacial score (nSPS) is 18.8. The first-order chi connectivity index (χ1) is 9.58. The Morgan fingerprint density at radius 3 is 3.00 bits per heavy atom. The molecule has 0 aromatic carbocycles. The topological polar surface area (TPSA) is 53.4 Å². The highest BCUT2D eigenvalue weighted by Gasteiger charge is 2.26. The van der Waals surface area contributed by atoms with E-state index in [4.69, 9.17) is 0 Å². The van der Waals surface area contributed by atoms with Gasteiger partial charge >= 0.3 is 6.03 Å². The molecule has 2 rings (SSSR count). The molecule has 6 heteroatoms. The van der Waals surface area contributed by atoms with Gasteiger partial charge in [0.15, 0.2) is 0 Å². The van der Waals surface area contributed by atoms with Crippen molar-refractivity contribution in [3.05, 3.63) is 18.0 Å². The fraction of sp³-hybridized carbons (Fsp3) is 0.714. The maximum absolute atomic E-state index is 12.1. The van der Waals surface area contributed by atoms with Crippen LogP contribution in [-0.4, -0.2) is 59.3 Å². The molecule has 0 unspecified atom stereocenters. The Hall–Kier alpha value is -1.56. The third-order valence-electron chi connectivity index (χ3n) is 3.65. The SMILES string of the molecule is CCn1cc(CNC(=O)N2CC[C@H](CN(C)C)C2)cn1. The highest BCUT2D eigenvalue weighted by atomic mass is 16.2. The molecule has 1 aromatic heterocycles. The second kappa shape index (κ2) is 6.74. The molecule has 1 N–H and O–H groups in total. The monoisotopic (exact) mass is 279 g/mol. The third-order valence-corrected chi connectivity index (χ3v) is 3.65. The second-order valence-electron chi connectivity index (χ2n) is 5.73. The van der Waals surface area contributed by atoms with Gasteiger partial charge in [0.25, 0.3) is 0 Å². The van der Waals surface area contributed by atoms with E-state index < -0.39 is 0 Å². The Labute approximate surface area is 120 Å². The van der Waals surface area contributed by atoms with E-state index in [1.54, 1.807) is 0 Å². The van der Waals surface area contributed by atoms with Crippen LogP contribution >= 0.6 is 0 Å². The Kier molecular flexibility index (Phi) is 5.00. The minimum atomic E-state index is 0.0375. The fourth-order valence-electron chi connectivity index (χ4n) is 2.64. The highest BCUT2D eigenvalue weighted by molar-refractivity contribution is 5.74. The molecule has 0 radical (unpaired) electrons. The van der Waals surface area contributed by atoms with Crippen molar-refractivity contribution in [3.8, 4) is 0 Å². The molecule has 2 heterocycles. The van der Waals surface area contributed by atoms with Gasteiger partial charge in [-0.1, -0.05) is 0 Å². The lowest BCUT2D eigenvalue weighted by atomic mass is 10.1. The van der Waals surface area contributed by atoms with Crippen molar-refractivity contribution in [2.45, 2.75) is 26.4 Å². The Bertz CT molecular complexity index is 443. The number of likely N-dealkylation sites (tertiary alicyclic amines) is 1. The molecule has 6 nitrogen and oxygen atoms in total. The van der Waals surface area contributed by atoms with E-state index in [1.807, 2.05) is 28.9 Å². The van der Waals surface area contributed by atoms with Crippen molar-refractivity contribution in [2.75, 3.05) is 33.7 Å². The second-order valence-corrected chi connectivity index (χ2v) is 5.73. The lowest BCUT2D eigenvalue weighted by Crippen LogP contribution is -2.38. The molecule has 1 aliphatic rings. The summed E-state index contributed by atoms with van der Waals surface area (Å²) in [5.74, 6) is 0.596. The van der Waals surface area contributed by atoms with Crippen molar-refractivity contribution < 1.29 is 4.79 Å². The minimum Gasteiger partial charge on any atom is -0.334 e. The van der Waals surface area contributed by atoms with Crippen LogP contribution in [0.2, 0.25) is 0 Å². The Morgan fingerprint density at radius 1 is 1.55 bits per heavy atom. The summed E-state index contributed by atoms with van der Waals surface area (Å²) in [5, 5.41) is 7.17. The van der Waals surface area contributed by atoms with E-state index in [9.17, 15) is 4.79 Å². The summed E-state index contributed by atoms with van der Waals surface area (Å²) in [4.78, 5) is 16.2. The number of urea groups is 1. The summed E-state index contributed by atoms with van der Waals surface area (Å²) in [5.41, 5.74) is 1.05. The molecular formula is C14H25N5O. The first-order valence-electron chi connectivity index (χ1n) is 7.27. The molecule has 0 spiro atoms. The van der Waals surface area contributed by atoms with E-state index in [2.05, 4.69) is 29.4 Å². The number of hydrogen-bond donors (Lipinski definition) is 1. The van der Waals surface area contributed by atoms with Gasteiger partial charge in [0.2, 0.25) is 0 Å². The third kappa shape index (κ3) is 3.96. The predicted octanol–water partition coefficient (Wildman–Crippen LogP) is 0.996. The van der Waals surface area contributed by atoms with Crippen LogP contribution in [0.5, 0.6) is 0 Å². The highest BCUT2D eigenvalue weighted by Crippen LogP contribution is 2.16. The Balaban J connectivity index is 1.75. The summed E-state index contributed by atoms with van der Waals surface area (Å²) >= 11 is 0. The summed E-state index contributed by atoms with van der Waals surface area (Å²) in [6.07, 6.45) is 4.88. The van der Waals surface area contributed by atoms with E-state index in [1.165, 1.54) is 0 Å². The van der Waals surface area contributed by atoms with Gasteiger partial charge in [-0.05, 0) is 33.4 Å². The van der Waals surface area contributed by atoms with Gasteiger partial charge in [0, 0.05) is 44.5 Å². The lowest BCUT2D eigenvalue weighted by molar-refractivity contribution is 0.205.